The van der Waals surface area contributed by atoms with Crippen LogP contribution < -0.4 is 4.74 Å². The summed E-state index contributed by atoms with van der Waals surface area (Å²) in [6.45, 7) is -2.83. The van der Waals surface area contributed by atoms with E-state index in [0.717, 1.165) is 25.0 Å². The van der Waals surface area contributed by atoms with Gasteiger partial charge in [-0.25, -0.2) is 0 Å². The van der Waals surface area contributed by atoms with Crippen LogP contribution in [-0.2, 0) is 0 Å². The summed E-state index contributed by atoms with van der Waals surface area (Å²) in [5, 5.41) is 0.0145. The Labute approximate surface area is 109 Å². The quantitative estimate of drug-likeness (QED) is 0.781. The summed E-state index contributed by atoms with van der Waals surface area (Å²) in [5.41, 5.74) is 0.566. The largest absolute Gasteiger partial charge is 0.435 e. The van der Waals surface area contributed by atoms with Gasteiger partial charge in [-0.15, -0.1) is 0 Å². The fourth-order valence-corrected chi connectivity index (χ4v) is 3.21. The lowest BCUT2D eigenvalue weighted by molar-refractivity contribution is -0.0498. The van der Waals surface area contributed by atoms with Gasteiger partial charge in [0.15, 0.2) is 5.78 Å². The Hall–Kier alpha value is -1.10. The van der Waals surface area contributed by atoms with Crippen LogP contribution in [0.4, 0.5) is 8.78 Å². The SMILES string of the molecule is O=C(c1ccc(OC(F)F)cc1)C1CCCCS1. The topological polar surface area (TPSA) is 26.3 Å². The first-order valence-corrected chi connectivity index (χ1v) is 6.92. The Kier molecular flexibility index (Phi) is 4.58. The number of Topliss-reactive ketones (excluding diaryl/α,β-unsaturated/α-hetero) is 1. The van der Waals surface area contributed by atoms with E-state index < -0.39 is 6.61 Å². The molecule has 1 fully saturated rings. The van der Waals surface area contributed by atoms with Crippen LogP contribution in [0.15, 0.2) is 24.3 Å². The minimum atomic E-state index is -2.83. The Morgan fingerprint density at radius 1 is 1.28 bits per heavy atom. The van der Waals surface area contributed by atoms with Crippen LogP contribution in [0.5, 0.6) is 5.75 Å². The summed E-state index contributed by atoms with van der Waals surface area (Å²) in [6.07, 6.45) is 3.14. The monoisotopic (exact) mass is 272 g/mol. The smallest absolute Gasteiger partial charge is 0.387 e. The highest BCUT2D eigenvalue weighted by Crippen LogP contribution is 2.28. The first-order chi connectivity index (χ1) is 8.66. The molecule has 0 aromatic heterocycles. The van der Waals surface area contributed by atoms with Crippen molar-refractivity contribution in [2.45, 2.75) is 31.1 Å². The van der Waals surface area contributed by atoms with Gasteiger partial charge in [0, 0.05) is 5.56 Å². The van der Waals surface area contributed by atoms with Crippen molar-refractivity contribution in [2.24, 2.45) is 0 Å². The number of carbonyl (C=O) groups excluding carboxylic acids is 1. The molecule has 2 rings (SSSR count). The van der Waals surface area contributed by atoms with Crippen LogP contribution in [0.25, 0.3) is 0 Å². The molecule has 1 unspecified atom stereocenters. The summed E-state index contributed by atoms with van der Waals surface area (Å²) in [7, 11) is 0. The molecule has 1 aromatic carbocycles. The zero-order chi connectivity index (χ0) is 13.0. The van der Waals surface area contributed by atoms with Crippen molar-refractivity contribution in [3.05, 3.63) is 29.8 Å². The molecular weight excluding hydrogens is 258 g/mol. The standard InChI is InChI=1S/C13H14F2O2S/c14-13(15)17-10-6-4-9(5-7-10)12(16)11-3-1-2-8-18-11/h4-7,11,13H,1-3,8H2. The number of ether oxygens (including phenoxy) is 1. The molecule has 0 bridgehead atoms. The molecule has 1 atom stereocenters. The second-order valence-corrected chi connectivity index (χ2v) is 5.43. The fraction of sp³-hybridized carbons (Fsp3) is 0.462. The highest BCUT2D eigenvalue weighted by Gasteiger charge is 2.22. The molecule has 0 saturated carbocycles. The molecule has 1 heterocycles. The number of rotatable bonds is 4. The van der Waals surface area contributed by atoms with Crippen LogP contribution in [0.1, 0.15) is 29.6 Å². The van der Waals surface area contributed by atoms with Crippen molar-refractivity contribution in [3.8, 4) is 5.75 Å². The van der Waals surface area contributed by atoms with Gasteiger partial charge in [0.1, 0.15) is 5.75 Å². The highest BCUT2D eigenvalue weighted by molar-refractivity contribution is 8.00. The molecule has 0 aliphatic carbocycles. The van der Waals surface area contributed by atoms with Crippen LogP contribution in [0.3, 0.4) is 0 Å². The molecule has 0 N–H and O–H groups in total. The number of carbonyl (C=O) groups is 1. The van der Waals surface area contributed by atoms with Crippen molar-refractivity contribution < 1.29 is 18.3 Å². The first-order valence-electron chi connectivity index (χ1n) is 5.87. The molecule has 1 saturated heterocycles. The van der Waals surface area contributed by atoms with Gasteiger partial charge in [-0.3, -0.25) is 4.79 Å². The number of ketones is 1. The van der Waals surface area contributed by atoms with Gasteiger partial charge < -0.3 is 4.74 Å². The fourth-order valence-electron chi connectivity index (χ4n) is 1.93. The van der Waals surface area contributed by atoms with E-state index >= 15 is 0 Å². The molecule has 0 radical (unpaired) electrons. The van der Waals surface area contributed by atoms with Crippen molar-refractivity contribution in [2.75, 3.05) is 5.75 Å². The van der Waals surface area contributed by atoms with E-state index in [1.807, 2.05) is 0 Å². The van der Waals surface area contributed by atoms with Crippen LogP contribution in [0, 0.1) is 0 Å². The number of alkyl halides is 2. The molecule has 0 spiro atoms. The van der Waals surface area contributed by atoms with E-state index in [9.17, 15) is 13.6 Å². The third-order valence-electron chi connectivity index (χ3n) is 2.84. The maximum absolute atomic E-state index is 12.1. The second-order valence-electron chi connectivity index (χ2n) is 4.12. The Morgan fingerprint density at radius 3 is 2.56 bits per heavy atom. The summed E-state index contributed by atoms with van der Waals surface area (Å²) in [5.74, 6) is 1.18. The van der Waals surface area contributed by atoms with E-state index in [1.54, 1.807) is 23.9 Å². The third kappa shape index (κ3) is 3.45. The first kappa shape index (κ1) is 13.3. The Balaban J connectivity index is 2.02. The number of hydrogen-bond donors (Lipinski definition) is 0. The molecule has 1 aromatic rings. The van der Waals surface area contributed by atoms with E-state index in [0.29, 0.717) is 5.56 Å². The van der Waals surface area contributed by atoms with E-state index in [1.165, 1.54) is 12.1 Å². The Morgan fingerprint density at radius 2 is 2.00 bits per heavy atom. The molecule has 5 heteroatoms. The molecule has 18 heavy (non-hydrogen) atoms. The zero-order valence-corrected chi connectivity index (χ0v) is 10.6. The summed E-state index contributed by atoms with van der Waals surface area (Å²) in [4.78, 5) is 12.1. The molecular formula is C13H14F2O2S. The van der Waals surface area contributed by atoms with Crippen LogP contribution in [0.2, 0.25) is 0 Å². The molecule has 0 amide bonds. The van der Waals surface area contributed by atoms with Gasteiger partial charge in [-0.2, -0.15) is 20.5 Å². The molecule has 1 aliphatic heterocycles. The average Bonchev–Trinajstić information content (AvgIpc) is 2.39. The van der Waals surface area contributed by atoms with Crippen molar-refractivity contribution in [3.63, 3.8) is 0 Å². The predicted octanol–water partition coefficient (Wildman–Crippen LogP) is 3.76. The second kappa shape index (κ2) is 6.18. The van der Waals surface area contributed by atoms with Gasteiger partial charge in [-0.1, -0.05) is 6.42 Å². The van der Waals surface area contributed by atoms with E-state index in [2.05, 4.69) is 4.74 Å². The lowest BCUT2D eigenvalue weighted by atomic mass is 10.0. The Bertz CT molecular complexity index is 400. The van der Waals surface area contributed by atoms with Crippen molar-refractivity contribution in [1.82, 2.24) is 0 Å². The van der Waals surface area contributed by atoms with Gasteiger partial charge in [0.05, 0.1) is 5.25 Å². The minimum Gasteiger partial charge on any atom is -0.435 e. The van der Waals surface area contributed by atoms with E-state index in [4.69, 9.17) is 0 Å². The number of hydrogen-bond acceptors (Lipinski definition) is 3. The van der Waals surface area contributed by atoms with Crippen molar-refractivity contribution in [1.29, 1.82) is 0 Å². The lowest BCUT2D eigenvalue weighted by Gasteiger charge is -2.19. The summed E-state index contributed by atoms with van der Waals surface area (Å²) >= 11 is 1.68. The van der Waals surface area contributed by atoms with Crippen LogP contribution >= 0.6 is 11.8 Å². The van der Waals surface area contributed by atoms with E-state index in [-0.39, 0.29) is 16.8 Å². The van der Waals surface area contributed by atoms with Gasteiger partial charge >= 0.3 is 6.61 Å². The van der Waals surface area contributed by atoms with Crippen molar-refractivity contribution >= 4 is 17.5 Å². The van der Waals surface area contributed by atoms with Gasteiger partial charge in [-0.05, 0) is 42.9 Å². The van der Waals surface area contributed by atoms with Gasteiger partial charge in [0.25, 0.3) is 0 Å². The number of benzene rings is 1. The lowest BCUT2D eigenvalue weighted by Crippen LogP contribution is -2.20. The third-order valence-corrected chi connectivity index (χ3v) is 4.21. The molecule has 1 aliphatic rings. The molecule has 98 valence electrons. The number of halogens is 2. The summed E-state index contributed by atoms with van der Waals surface area (Å²) < 4.78 is 28.2. The summed E-state index contributed by atoms with van der Waals surface area (Å²) in [6, 6.07) is 5.92. The maximum atomic E-state index is 12.1. The van der Waals surface area contributed by atoms with Crippen LogP contribution in [-0.4, -0.2) is 23.4 Å². The average molecular weight is 272 g/mol. The highest BCUT2D eigenvalue weighted by atomic mass is 32.2. The van der Waals surface area contributed by atoms with Gasteiger partial charge in [0.2, 0.25) is 0 Å². The maximum Gasteiger partial charge on any atom is 0.387 e. The number of thioether (sulfide) groups is 1. The normalized spacial score (nSPS) is 19.8. The zero-order valence-electron chi connectivity index (χ0n) is 9.77. The molecule has 2 nitrogen and oxygen atoms in total. The minimum absolute atomic E-state index is 0.0145. The predicted molar refractivity (Wildman–Crippen MR) is 67.5 cm³/mol.